The van der Waals surface area contributed by atoms with Crippen molar-refractivity contribution in [2.24, 2.45) is 0 Å². The standard InChI is InChI=1S/C8H16N2O3/c1-3-4-9-5-7(11)10-6(2)8(12)13/h6,9H,3-5H2,1-2H3,(H,10,11)(H,12,13)/t6-/m1/s1. The Morgan fingerprint density at radius 1 is 1.46 bits per heavy atom. The molecule has 0 aliphatic rings. The van der Waals surface area contributed by atoms with Crippen LogP contribution in [0.15, 0.2) is 0 Å². The van der Waals surface area contributed by atoms with E-state index in [2.05, 4.69) is 10.6 Å². The molecular formula is C8H16N2O3. The quantitative estimate of drug-likeness (QED) is 0.494. The second-order valence-electron chi connectivity index (χ2n) is 2.80. The Hall–Kier alpha value is -1.10. The Bertz CT molecular complexity index is 182. The number of hydrogen-bond acceptors (Lipinski definition) is 3. The molecule has 0 saturated heterocycles. The summed E-state index contributed by atoms with van der Waals surface area (Å²) < 4.78 is 0. The fourth-order valence-electron chi connectivity index (χ4n) is 0.733. The summed E-state index contributed by atoms with van der Waals surface area (Å²) in [6, 6.07) is -0.823. The van der Waals surface area contributed by atoms with Crippen LogP contribution in [0.1, 0.15) is 20.3 Å². The molecule has 0 aliphatic heterocycles. The molecule has 0 spiro atoms. The minimum atomic E-state index is -1.02. The number of carboxylic acid groups (broad SMARTS) is 1. The van der Waals surface area contributed by atoms with E-state index in [-0.39, 0.29) is 12.5 Å². The summed E-state index contributed by atoms with van der Waals surface area (Å²) in [6.45, 7) is 4.35. The first-order chi connectivity index (χ1) is 6.07. The molecule has 0 radical (unpaired) electrons. The topological polar surface area (TPSA) is 78.4 Å². The van der Waals surface area contributed by atoms with Crippen LogP contribution in [0.3, 0.4) is 0 Å². The Morgan fingerprint density at radius 2 is 2.08 bits per heavy atom. The summed E-state index contributed by atoms with van der Waals surface area (Å²) in [5.41, 5.74) is 0. The van der Waals surface area contributed by atoms with Gasteiger partial charge >= 0.3 is 5.97 Å². The average molecular weight is 188 g/mol. The average Bonchev–Trinajstić information content (AvgIpc) is 2.04. The maximum Gasteiger partial charge on any atom is 0.325 e. The van der Waals surface area contributed by atoms with Crippen LogP contribution in [0.4, 0.5) is 0 Å². The minimum Gasteiger partial charge on any atom is -0.480 e. The molecule has 5 nitrogen and oxygen atoms in total. The van der Waals surface area contributed by atoms with Crippen LogP contribution in [0.25, 0.3) is 0 Å². The smallest absolute Gasteiger partial charge is 0.325 e. The van der Waals surface area contributed by atoms with Gasteiger partial charge in [-0.25, -0.2) is 0 Å². The number of carboxylic acids is 1. The molecule has 0 fully saturated rings. The number of nitrogens with one attached hydrogen (secondary N) is 2. The summed E-state index contributed by atoms with van der Waals surface area (Å²) in [6.07, 6.45) is 0.946. The molecule has 0 heterocycles. The lowest BCUT2D eigenvalue weighted by molar-refractivity contribution is -0.141. The van der Waals surface area contributed by atoms with Gasteiger partial charge in [0.2, 0.25) is 5.91 Å². The fourth-order valence-corrected chi connectivity index (χ4v) is 0.733. The van der Waals surface area contributed by atoms with Crippen molar-refractivity contribution in [2.75, 3.05) is 13.1 Å². The fraction of sp³-hybridized carbons (Fsp3) is 0.750. The highest BCUT2D eigenvalue weighted by atomic mass is 16.4. The van der Waals surface area contributed by atoms with Crippen LogP contribution in [-0.4, -0.2) is 36.1 Å². The molecular weight excluding hydrogens is 172 g/mol. The van der Waals surface area contributed by atoms with Gasteiger partial charge in [0.1, 0.15) is 6.04 Å². The minimum absolute atomic E-state index is 0.172. The van der Waals surface area contributed by atoms with Crippen molar-refractivity contribution >= 4 is 11.9 Å². The maximum atomic E-state index is 11.0. The van der Waals surface area contributed by atoms with E-state index in [9.17, 15) is 9.59 Å². The van der Waals surface area contributed by atoms with Crippen LogP contribution >= 0.6 is 0 Å². The number of carbonyl (C=O) groups excluding carboxylic acids is 1. The Kier molecular flexibility index (Phi) is 5.88. The van der Waals surface area contributed by atoms with E-state index in [0.717, 1.165) is 13.0 Å². The highest BCUT2D eigenvalue weighted by Gasteiger charge is 2.12. The first-order valence-electron chi connectivity index (χ1n) is 4.30. The predicted molar refractivity (Wildman–Crippen MR) is 48.4 cm³/mol. The lowest BCUT2D eigenvalue weighted by Crippen LogP contribution is -2.42. The zero-order chi connectivity index (χ0) is 10.3. The molecule has 13 heavy (non-hydrogen) atoms. The van der Waals surface area contributed by atoms with E-state index in [4.69, 9.17) is 5.11 Å². The summed E-state index contributed by atoms with van der Waals surface area (Å²) in [5.74, 6) is -1.31. The lowest BCUT2D eigenvalue weighted by atomic mass is 10.3. The van der Waals surface area contributed by atoms with Crippen LogP contribution in [0, 0.1) is 0 Å². The summed E-state index contributed by atoms with van der Waals surface area (Å²) in [4.78, 5) is 21.3. The number of carbonyl (C=O) groups is 2. The Morgan fingerprint density at radius 3 is 2.54 bits per heavy atom. The summed E-state index contributed by atoms with van der Waals surface area (Å²) >= 11 is 0. The van der Waals surface area contributed by atoms with Crippen molar-refractivity contribution in [3.63, 3.8) is 0 Å². The first-order valence-corrected chi connectivity index (χ1v) is 4.30. The second-order valence-corrected chi connectivity index (χ2v) is 2.80. The third kappa shape index (κ3) is 6.10. The van der Waals surface area contributed by atoms with Crippen molar-refractivity contribution in [3.05, 3.63) is 0 Å². The normalized spacial score (nSPS) is 12.2. The molecule has 76 valence electrons. The molecule has 1 amide bonds. The van der Waals surface area contributed by atoms with Crippen LogP contribution < -0.4 is 10.6 Å². The number of hydrogen-bond donors (Lipinski definition) is 3. The van der Waals surface area contributed by atoms with Crippen LogP contribution in [0.5, 0.6) is 0 Å². The second kappa shape index (κ2) is 6.42. The van der Waals surface area contributed by atoms with Gasteiger partial charge in [0.15, 0.2) is 0 Å². The highest BCUT2D eigenvalue weighted by Crippen LogP contribution is 1.80. The van der Waals surface area contributed by atoms with Gasteiger partial charge in [0, 0.05) is 0 Å². The molecule has 0 bridgehead atoms. The molecule has 0 rings (SSSR count). The van der Waals surface area contributed by atoms with E-state index in [0.29, 0.717) is 0 Å². The highest BCUT2D eigenvalue weighted by molar-refractivity contribution is 5.84. The summed E-state index contributed by atoms with van der Waals surface area (Å²) in [5, 5.41) is 13.7. The predicted octanol–water partition coefficient (Wildman–Crippen LogP) is -0.425. The van der Waals surface area contributed by atoms with E-state index in [1.807, 2.05) is 6.92 Å². The van der Waals surface area contributed by atoms with Gasteiger partial charge in [-0.2, -0.15) is 0 Å². The van der Waals surface area contributed by atoms with E-state index < -0.39 is 12.0 Å². The van der Waals surface area contributed by atoms with Gasteiger partial charge in [-0.3, -0.25) is 9.59 Å². The molecule has 3 N–H and O–H groups in total. The van der Waals surface area contributed by atoms with Gasteiger partial charge in [-0.1, -0.05) is 6.92 Å². The molecule has 0 saturated carbocycles. The lowest BCUT2D eigenvalue weighted by Gasteiger charge is -2.09. The van der Waals surface area contributed by atoms with Gasteiger partial charge < -0.3 is 15.7 Å². The maximum absolute atomic E-state index is 11.0. The van der Waals surface area contributed by atoms with Gasteiger partial charge in [-0.15, -0.1) is 0 Å². The largest absolute Gasteiger partial charge is 0.480 e. The molecule has 0 unspecified atom stereocenters. The zero-order valence-electron chi connectivity index (χ0n) is 7.96. The van der Waals surface area contributed by atoms with Crippen molar-refractivity contribution < 1.29 is 14.7 Å². The van der Waals surface area contributed by atoms with Gasteiger partial charge in [0.25, 0.3) is 0 Å². The van der Waals surface area contributed by atoms with Gasteiger partial charge in [-0.05, 0) is 19.9 Å². The van der Waals surface area contributed by atoms with Crippen molar-refractivity contribution in [1.82, 2.24) is 10.6 Å². The summed E-state index contributed by atoms with van der Waals surface area (Å²) in [7, 11) is 0. The molecule has 0 aliphatic carbocycles. The molecule has 0 aromatic heterocycles. The van der Waals surface area contributed by atoms with E-state index >= 15 is 0 Å². The molecule has 5 heteroatoms. The Balaban J connectivity index is 3.56. The van der Waals surface area contributed by atoms with Crippen molar-refractivity contribution in [1.29, 1.82) is 0 Å². The van der Waals surface area contributed by atoms with E-state index in [1.165, 1.54) is 6.92 Å². The molecule has 0 aromatic rings. The van der Waals surface area contributed by atoms with Crippen molar-refractivity contribution in [2.45, 2.75) is 26.3 Å². The number of aliphatic carboxylic acids is 1. The van der Waals surface area contributed by atoms with Crippen LogP contribution in [-0.2, 0) is 9.59 Å². The number of rotatable bonds is 6. The van der Waals surface area contributed by atoms with Gasteiger partial charge in [0.05, 0.1) is 6.54 Å². The third-order valence-electron chi connectivity index (χ3n) is 1.46. The molecule has 0 aromatic carbocycles. The molecule has 1 atom stereocenters. The number of amides is 1. The van der Waals surface area contributed by atoms with Crippen molar-refractivity contribution in [3.8, 4) is 0 Å². The zero-order valence-corrected chi connectivity index (χ0v) is 7.96. The van der Waals surface area contributed by atoms with E-state index in [1.54, 1.807) is 0 Å². The third-order valence-corrected chi connectivity index (χ3v) is 1.46. The van der Waals surface area contributed by atoms with Crippen LogP contribution in [0.2, 0.25) is 0 Å². The first kappa shape index (κ1) is 11.9. The Labute approximate surface area is 77.5 Å². The monoisotopic (exact) mass is 188 g/mol. The SMILES string of the molecule is CCCNCC(=O)N[C@H](C)C(=O)O.